The Balaban J connectivity index is 2.39. The summed E-state index contributed by atoms with van der Waals surface area (Å²) in [5.74, 6) is 0.852. The minimum Gasteiger partial charge on any atom is -0.493 e. The highest BCUT2D eigenvalue weighted by molar-refractivity contribution is 5.32. The number of nitriles is 1. The van der Waals surface area contributed by atoms with Crippen LogP contribution in [0, 0.1) is 16.7 Å². The molecular weight excluding hydrogens is 212 g/mol. The second-order valence-corrected chi connectivity index (χ2v) is 4.76. The van der Waals surface area contributed by atoms with Crippen molar-refractivity contribution in [3.8, 4) is 11.8 Å². The molecule has 0 fully saturated rings. The Bertz CT molecular complexity index is 393. The molecule has 0 saturated carbocycles. The van der Waals surface area contributed by atoms with Gasteiger partial charge in [-0.3, -0.25) is 0 Å². The largest absolute Gasteiger partial charge is 0.493 e. The van der Waals surface area contributed by atoms with Gasteiger partial charge >= 0.3 is 0 Å². The molecule has 1 aromatic carbocycles. The summed E-state index contributed by atoms with van der Waals surface area (Å²) in [6.07, 6.45) is 1.72. The maximum Gasteiger partial charge on any atom is 0.123 e. The van der Waals surface area contributed by atoms with Gasteiger partial charge in [0.1, 0.15) is 5.75 Å². The zero-order chi connectivity index (χ0) is 12.7. The molecule has 92 valence electrons. The van der Waals surface area contributed by atoms with E-state index in [0.29, 0.717) is 13.2 Å². The summed E-state index contributed by atoms with van der Waals surface area (Å²) < 4.78 is 5.68. The van der Waals surface area contributed by atoms with Gasteiger partial charge in [-0.1, -0.05) is 18.2 Å². The minimum absolute atomic E-state index is 0.267. The fraction of sp³-hybridized carbons (Fsp3) is 0.500. The molecule has 17 heavy (non-hydrogen) atoms. The molecule has 0 heterocycles. The van der Waals surface area contributed by atoms with Crippen molar-refractivity contribution in [3.05, 3.63) is 29.8 Å². The summed E-state index contributed by atoms with van der Waals surface area (Å²) in [4.78, 5) is 0. The highest BCUT2D eigenvalue weighted by Gasteiger charge is 2.15. The second kappa shape index (κ2) is 6.27. The molecule has 0 aliphatic heterocycles. The SMILES string of the molecule is CC(C)(C#N)CCCOc1ccccc1CN. The van der Waals surface area contributed by atoms with E-state index in [9.17, 15) is 0 Å². The van der Waals surface area contributed by atoms with E-state index < -0.39 is 0 Å². The summed E-state index contributed by atoms with van der Waals surface area (Å²) >= 11 is 0. The van der Waals surface area contributed by atoms with Gasteiger partial charge in [-0.15, -0.1) is 0 Å². The number of hydrogen-bond donors (Lipinski definition) is 1. The lowest BCUT2D eigenvalue weighted by atomic mass is 9.90. The molecule has 0 amide bonds. The van der Waals surface area contributed by atoms with Crippen LogP contribution in [0.4, 0.5) is 0 Å². The van der Waals surface area contributed by atoms with E-state index >= 15 is 0 Å². The smallest absolute Gasteiger partial charge is 0.123 e. The van der Waals surface area contributed by atoms with E-state index in [-0.39, 0.29) is 5.41 Å². The van der Waals surface area contributed by atoms with Crippen LogP contribution in [0.2, 0.25) is 0 Å². The molecule has 0 spiro atoms. The normalized spacial score (nSPS) is 10.9. The maximum absolute atomic E-state index is 8.89. The average Bonchev–Trinajstić information content (AvgIpc) is 2.35. The van der Waals surface area contributed by atoms with Gasteiger partial charge in [0.2, 0.25) is 0 Å². The molecule has 0 aliphatic carbocycles. The first-order valence-corrected chi connectivity index (χ1v) is 5.91. The molecule has 0 saturated heterocycles. The van der Waals surface area contributed by atoms with E-state index in [1.54, 1.807) is 0 Å². The fourth-order valence-corrected chi connectivity index (χ4v) is 1.57. The van der Waals surface area contributed by atoms with Crippen LogP contribution in [-0.2, 0) is 6.54 Å². The Morgan fingerprint density at radius 3 is 2.71 bits per heavy atom. The van der Waals surface area contributed by atoms with Crippen LogP contribution in [-0.4, -0.2) is 6.61 Å². The van der Waals surface area contributed by atoms with Crippen LogP contribution in [0.25, 0.3) is 0 Å². The van der Waals surface area contributed by atoms with Crippen molar-refractivity contribution in [1.82, 2.24) is 0 Å². The molecule has 3 heteroatoms. The van der Waals surface area contributed by atoms with E-state index in [2.05, 4.69) is 6.07 Å². The Morgan fingerprint density at radius 1 is 1.35 bits per heavy atom. The fourth-order valence-electron chi connectivity index (χ4n) is 1.57. The van der Waals surface area contributed by atoms with Gasteiger partial charge in [0.05, 0.1) is 18.1 Å². The van der Waals surface area contributed by atoms with Crippen LogP contribution < -0.4 is 10.5 Å². The van der Waals surface area contributed by atoms with Gasteiger partial charge in [0.25, 0.3) is 0 Å². The number of nitrogens with zero attached hydrogens (tertiary/aromatic N) is 1. The lowest BCUT2D eigenvalue weighted by Gasteiger charge is -2.15. The van der Waals surface area contributed by atoms with Crippen molar-refractivity contribution in [2.24, 2.45) is 11.1 Å². The van der Waals surface area contributed by atoms with Gasteiger partial charge in [-0.05, 0) is 32.8 Å². The first kappa shape index (κ1) is 13.5. The third-order valence-corrected chi connectivity index (χ3v) is 2.70. The number of hydrogen-bond acceptors (Lipinski definition) is 3. The first-order chi connectivity index (χ1) is 8.09. The Morgan fingerprint density at radius 2 is 2.06 bits per heavy atom. The Labute approximate surface area is 103 Å². The van der Waals surface area contributed by atoms with Crippen molar-refractivity contribution >= 4 is 0 Å². The van der Waals surface area contributed by atoms with Crippen molar-refractivity contribution in [2.75, 3.05) is 6.61 Å². The van der Waals surface area contributed by atoms with Crippen molar-refractivity contribution in [1.29, 1.82) is 5.26 Å². The van der Waals surface area contributed by atoms with Crippen LogP contribution in [0.15, 0.2) is 24.3 Å². The average molecular weight is 232 g/mol. The van der Waals surface area contributed by atoms with Gasteiger partial charge in [0.15, 0.2) is 0 Å². The van der Waals surface area contributed by atoms with Crippen LogP contribution in [0.3, 0.4) is 0 Å². The van der Waals surface area contributed by atoms with Crippen LogP contribution in [0.5, 0.6) is 5.75 Å². The molecular formula is C14H20N2O. The standard InChI is InChI=1S/C14H20N2O/c1-14(2,11-16)8-5-9-17-13-7-4-3-6-12(13)10-15/h3-4,6-7H,5,8-10,15H2,1-2H3. The van der Waals surface area contributed by atoms with E-state index in [4.69, 9.17) is 15.7 Å². The summed E-state index contributed by atoms with van der Waals surface area (Å²) in [7, 11) is 0. The number of nitrogens with two attached hydrogens (primary N) is 1. The van der Waals surface area contributed by atoms with E-state index in [1.165, 1.54) is 0 Å². The highest BCUT2D eigenvalue weighted by Crippen LogP contribution is 2.22. The predicted molar refractivity (Wildman–Crippen MR) is 68.5 cm³/mol. The Hall–Kier alpha value is -1.53. The van der Waals surface area contributed by atoms with Crippen LogP contribution >= 0.6 is 0 Å². The molecule has 2 N–H and O–H groups in total. The van der Waals surface area contributed by atoms with Gasteiger partial charge in [-0.25, -0.2) is 0 Å². The topological polar surface area (TPSA) is 59.0 Å². The summed E-state index contributed by atoms with van der Waals surface area (Å²) in [6.45, 7) is 5.00. The van der Waals surface area contributed by atoms with Crippen molar-refractivity contribution in [2.45, 2.75) is 33.2 Å². The highest BCUT2D eigenvalue weighted by atomic mass is 16.5. The lowest BCUT2D eigenvalue weighted by Crippen LogP contribution is -2.10. The molecule has 0 bridgehead atoms. The zero-order valence-corrected chi connectivity index (χ0v) is 10.6. The number of para-hydroxylation sites is 1. The molecule has 0 unspecified atom stereocenters. The first-order valence-electron chi connectivity index (χ1n) is 5.91. The third-order valence-electron chi connectivity index (χ3n) is 2.70. The van der Waals surface area contributed by atoms with Crippen molar-refractivity contribution < 1.29 is 4.74 Å². The Kier molecular flexibility index (Phi) is 4.99. The van der Waals surface area contributed by atoms with Gasteiger partial charge < -0.3 is 10.5 Å². The molecule has 3 nitrogen and oxygen atoms in total. The van der Waals surface area contributed by atoms with Gasteiger partial charge in [0, 0.05) is 12.1 Å². The zero-order valence-electron chi connectivity index (χ0n) is 10.6. The molecule has 0 aromatic heterocycles. The molecule has 1 aromatic rings. The number of ether oxygens (including phenoxy) is 1. The molecule has 0 aliphatic rings. The molecule has 1 rings (SSSR count). The van der Waals surface area contributed by atoms with Crippen molar-refractivity contribution in [3.63, 3.8) is 0 Å². The lowest BCUT2D eigenvalue weighted by molar-refractivity contribution is 0.282. The third kappa shape index (κ3) is 4.46. The number of rotatable bonds is 6. The quantitative estimate of drug-likeness (QED) is 0.767. The summed E-state index contributed by atoms with van der Waals surface area (Å²) in [5, 5.41) is 8.89. The van der Waals surface area contributed by atoms with Crippen LogP contribution in [0.1, 0.15) is 32.3 Å². The number of benzene rings is 1. The molecule has 0 radical (unpaired) electrons. The van der Waals surface area contributed by atoms with E-state index in [1.807, 2.05) is 38.1 Å². The predicted octanol–water partition coefficient (Wildman–Crippen LogP) is 2.85. The second-order valence-electron chi connectivity index (χ2n) is 4.76. The maximum atomic E-state index is 8.89. The minimum atomic E-state index is -0.267. The summed E-state index contributed by atoms with van der Waals surface area (Å²) in [6, 6.07) is 10.1. The van der Waals surface area contributed by atoms with Gasteiger partial charge in [-0.2, -0.15) is 5.26 Å². The van der Waals surface area contributed by atoms with E-state index in [0.717, 1.165) is 24.2 Å². The molecule has 0 atom stereocenters. The summed E-state index contributed by atoms with van der Waals surface area (Å²) in [5.41, 5.74) is 6.38. The monoisotopic (exact) mass is 232 g/mol.